The second-order valence-electron chi connectivity index (χ2n) is 4.44. The third-order valence-corrected chi connectivity index (χ3v) is 4.59. The fraction of sp³-hybridized carbons (Fsp3) is 0.235. The highest BCUT2D eigenvalue weighted by Gasteiger charge is 2.16. The molecule has 0 unspecified atom stereocenters. The summed E-state index contributed by atoms with van der Waals surface area (Å²) in [5, 5.41) is 0. The van der Waals surface area contributed by atoms with E-state index >= 15 is 0 Å². The third-order valence-electron chi connectivity index (χ3n) is 3.02. The second-order valence-corrected chi connectivity index (χ2v) is 5.78. The Morgan fingerprint density at radius 3 is 1.95 bits per heavy atom. The maximum absolute atomic E-state index is 11.6. The molecule has 0 amide bonds. The van der Waals surface area contributed by atoms with Crippen molar-refractivity contribution in [2.45, 2.75) is 18.5 Å². The minimum atomic E-state index is -0.109. The molecule has 0 saturated heterocycles. The summed E-state index contributed by atoms with van der Waals surface area (Å²) in [4.78, 5) is 11.6. The molecule has 0 heterocycles. The number of esters is 1. The summed E-state index contributed by atoms with van der Waals surface area (Å²) in [6, 6.07) is 21.2. The number of rotatable bonds is 6. The molecule has 0 aromatic heterocycles. The highest BCUT2D eigenvalue weighted by atomic mass is 28.2. The van der Waals surface area contributed by atoms with E-state index in [1.807, 2.05) is 43.3 Å². The zero-order chi connectivity index (χ0) is 14.2. The van der Waals surface area contributed by atoms with Crippen molar-refractivity contribution in [3.05, 3.63) is 71.8 Å². The fourth-order valence-electron chi connectivity index (χ4n) is 2.12. The minimum Gasteiger partial charge on any atom is -0.466 e. The van der Waals surface area contributed by atoms with Crippen molar-refractivity contribution in [2.75, 3.05) is 6.61 Å². The predicted octanol–water partition coefficient (Wildman–Crippen LogP) is 3.46. The summed E-state index contributed by atoms with van der Waals surface area (Å²) in [7, 11) is 0.494. The summed E-state index contributed by atoms with van der Waals surface area (Å²) in [6.45, 7) is 2.29. The van der Waals surface area contributed by atoms with E-state index in [2.05, 4.69) is 24.3 Å². The van der Waals surface area contributed by atoms with Crippen molar-refractivity contribution in [1.82, 2.24) is 0 Å². The number of carbonyl (C=O) groups is 1. The molecule has 102 valence electrons. The monoisotopic (exact) mass is 282 g/mol. The van der Waals surface area contributed by atoms with Crippen LogP contribution in [0.2, 0.25) is 6.04 Å². The molecule has 0 N–H and O–H groups in total. The first-order chi connectivity index (χ1) is 9.81. The molecule has 3 heteroatoms. The fourth-order valence-corrected chi connectivity index (χ4v) is 3.45. The van der Waals surface area contributed by atoms with Crippen LogP contribution in [0.4, 0.5) is 0 Å². The Balaban J connectivity index is 2.15. The normalized spacial score (nSPS) is 10.5. The van der Waals surface area contributed by atoms with Gasteiger partial charge in [0.05, 0.1) is 16.1 Å². The first-order valence-electron chi connectivity index (χ1n) is 6.80. The van der Waals surface area contributed by atoms with E-state index in [0.29, 0.717) is 22.2 Å². The number of benzene rings is 2. The Bertz CT molecular complexity index is 486. The molecule has 0 spiro atoms. The minimum absolute atomic E-state index is 0.109. The number of ether oxygens (including phenoxy) is 1. The van der Waals surface area contributed by atoms with Gasteiger partial charge in [-0.25, -0.2) is 0 Å². The van der Waals surface area contributed by atoms with Crippen LogP contribution in [0.3, 0.4) is 0 Å². The Labute approximate surface area is 122 Å². The average molecular weight is 282 g/mol. The predicted molar refractivity (Wildman–Crippen MR) is 81.9 cm³/mol. The van der Waals surface area contributed by atoms with Crippen LogP contribution < -0.4 is 0 Å². The maximum Gasteiger partial charge on any atom is 0.302 e. The summed E-state index contributed by atoms with van der Waals surface area (Å²) < 4.78 is 5.03. The maximum atomic E-state index is 11.6. The summed E-state index contributed by atoms with van der Waals surface area (Å²) in [5.41, 5.74) is 2.77. The van der Waals surface area contributed by atoms with E-state index in [-0.39, 0.29) is 11.5 Å². The molecule has 0 fully saturated rings. The van der Waals surface area contributed by atoms with E-state index in [1.54, 1.807) is 0 Å². The van der Waals surface area contributed by atoms with Crippen LogP contribution in [0.5, 0.6) is 0 Å². The lowest BCUT2D eigenvalue weighted by Crippen LogP contribution is -2.15. The molecule has 0 bridgehead atoms. The van der Waals surface area contributed by atoms with Gasteiger partial charge in [-0.2, -0.15) is 0 Å². The van der Waals surface area contributed by atoms with Gasteiger partial charge in [0.1, 0.15) is 0 Å². The van der Waals surface area contributed by atoms with Gasteiger partial charge in [0.2, 0.25) is 0 Å². The van der Waals surface area contributed by atoms with Crippen LogP contribution in [0.25, 0.3) is 0 Å². The highest BCUT2D eigenvalue weighted by Crippen LogP contribution is 2.24. The molecule has 2 radical (unpaired) electrons. The lowest BCUT2D eigenvalue weighted by Gasteiger charge is -2.17. The molecule has 2 aromatic rings. The van der Waals surface area contributed by atoms with E-state index in [0.717, 1.165) is 0 Å². The lowest BCUT2D eigenvalue weighted by atomic mass is 10.0. The van der Waals surface area contributed by atoms with Crippen LogP contribution >= 0.6 is 0 Å². The smallest absolute Gasteiger partial charge is 0.302 e. The van der Waals surface area contributed by atoms with Gasteiger partial charge in [-0.05, 0) is 23.6 Å². The third kappa shape index (κ3) is 4.07. The second kappa shape index (κ2) is 7.65. The van der Waals surface area contributed by atoms with Crippen LogP contribution in [-0.2, 0) is 9.53 Å². The van der Waals surface area contributed by atoms with Gasteiger partial charge in [0.25, 0.3) is 0 Å². The molecule has 0 aliphatic carbocycles. The van der Waals surface area contributed by atoms with Crippen molar-refractivity contribution >= 4 is 15.5 Å². The molecule has 2 nitrogen and oxygen atoms in total. The Morgan fingerprint density at radius 1 is 1.00 bits per heavy atom. The molecule has 2 aromatic carbocycles. The quantitative estimate of drug-likeness (QED) is 0.599. The van der Waals surface area contributed by atoms with Gasteiger partial charge in [0.15, 0.2) is 0 Å². The van der Waals surface area contributed by atoms with Crippen molar-refractivity contribution in [2.24, 2.45) is 0 Å². The van der Waals surface area contributed by atoms with E-state index in [1.165, 1.54) is 11.1 Å². The molecular weight excluding hydrogens is 264 g/mol. The van der Waals surface area contributed by atoms with Gasteiger partial charge in [-0.1, -0.05) is 60.7 Å². The Morgan fingerprint density at radius 2 is 1.50 bits per heavy atom. The molecule has 0 atom stereocenters. The molecule has 2 rings (SSSR count). The average Bonchev–Trinajstić information content (AvgIpc) is 2.50. The van der Waals surface area contributed by atoms with Gasteiger partial charge in [0, 0.05) is 6.04 Å². The standard InChI is InChI=1S/C17H18O2Si/c1-2-19-16(18)13-20-17(14-9-5-3-6-10-14)15-11-7-4-8-12-15/h3-12,17H,2,13H2,1H3. The molecule has 20 heavy (non-hydrogen) atoms. The zero-order valence-electron chi connectivity index (χ0n) is 11.6. The molecule has 0 aliphatic rings. The van der Waals surface area contributed by atoms with E-state index in [4.69, 9.17) is 4.74 Å². The molecular formula is C17H18O2Si. The Kier molecular flexibility index (Phi) is 5.56. The largest absolute Gasteiger partial charge is 0.466 e. The molecule has 0 aliphatic heterocycles. The summed E-state index contributed by atoms with van der Waals surface area (Å²) in [6.07, 6.45) is 0. The first-order valence-corrected chi connectivity index (χ1v) is 8.08. The van der Waals surface area contributed by atoms with Crippen LogP contribution in [0.1, 0.15) is 23.6 Å². The van der Waals surface area contributed by atoms with E-state index < -0.39 is 0 Å². The van der Waals surface area contributed by atoms with Crippen molar-refractivity contribution in [1.29, 1.82) is 0 Å². The van der Waals surface area contributed by atoms with Gasteiger partial charge in [-0.15, -0.1) is 0 Å². The van der Waals surface area contributed by atoms with Crippen molar-refractivity contribution < 1.29 is 9.53 Å². The van der Waals surface area contributed by atoms with Crippen molar-refractivity contribution in [3.8, 4) is 0 Å². The van der Waals surface area contributed by atoms with Gasteiger partial charge in [-0.3, -0.25) is 4.79 Å². The summed E-state index contributed by atoms with van der Waals surface area (Å²) >= 11 is 0. The number of hydrogen-bond donors (Lipinski definition) is 0. The van der Waals surface area contributed by atoms with Gasteiger partial charge >= 0.3 is 5.97 Å². The topological polar surface area (TPSA) is 26.3 Å². The van der Waals surface area contributed by atoms with Crippen molar-refractivity contribution in [3.63, 3.8) is 0 Å². The SMILES string of the molecule is CCOC(=O)C[Si]C(c1ccccc1)c1ccccc1. The zero-order valence-corrected chi connectivity index (χ0v) is 12.6. The van der Waals surface area contributed by atoms with E-state index in [9.17, 15) is 4.79 Å². The summed E-state index contributed by atoms with van der Waals surface area (Å²) in [5.74, 6) is -0.109. The van der Waals surface area contributed by atoms with Crippen LogP contribution in [-0.4, -0.2) is 22.1 Å². The Hall–Kier alpha value is -1.87. The number of hydrogen-bond acceptors (Lipinski definition) is 2. The van der Waals surface area contributed by atoms with Crippen LogP contribution in [0.15, 0.2) is 60.7 Å². The first kappa shape index (κ1) is 14.5. The highest BCUT2D eigenvalue weighted by molar-refractivity contribution is 6.43. The van der Waals surface area contributed by atoms with Gasteiger partial charge < -0.3 is 4.74 Å². The molecule has 0 saturated carbocycles. The van der Waals surface area contributed by atoms with Crippen LogP contribution in [0, 0.1) is 0 Å². The lowest BCUT2D eigenvalue weighted by molar-refractivity contribution is -0.140. The number of carbonyl (C=O) groups excluding carboxylic acids is 1.